The summed E-state index contributed by atoms with van der Waals surface area (Å²) in [5.74, 6) is 0.326. The second-order valence-corrected chi connectivity index (χ2v) is 6.96. The van der Waals surface area contributed by atoms with Gasteiger partial charge in [-0.1, -0.05) is 18.2 Å². The largest absolute Gasteiger partial charge is 0.493 e. The summed E-state index contributed by atoms with van der Waals surface area (Å²) in [6, 6.07) is 12.1. The number of amides is 2. The minimum absolute atomic E-state index is 0.141. The number of methoxy groups -OCH3 is 2. The third kappa shape index (κ3) is 5.47. The van der Waals surface area contributed by atoms with Crippen molar-refractivity contribution in [2.24, 2.45) is 0 Å². The van der Waals surface area contributed by atoms with Crippen LogP contribution in [0, 0.1) is 0 Å². The molecule has 150 valence electrons. The number of rotatable bonds is 8. The second-order valence-electron chi connectivity index (χ2n) is 6.96. The quantitative estimate of drug-likeness (QED) is 0.647. The van der Waals surface area contributed by atoms with Crippen LogP contribution in [0.25, 0.3) is 0 Å². The van der Waals surface area contributed by atoms with Crippen LogP contribution in [0.1, 0.15) is 29.8 Å². The summed E-state index contributed by atoms with van der Waals surface area (Å²) >= 11 is 0. The van der Waals surface area contributed by atoms with E-state index in [1.807, 2.05) is 0 Å². The van der Waals surface area contributed by atoms with Crippen LogP contribution in [0.5, 0.6) is 11.5 Å². The van der Waals surface area contributed by atoms with Gasteiger partial charge in [0.2, 0.25) is 5.91 Å². The van der Waals surface area contributed by atoms with Crippen molar-refractivity contribution in [3.63, 3.8) is 0 Å². The first-order valence-electron chi connectivity index (χ1n) is 8.83. The summed E-state index contributed by atoms with van der Waals surface area (Å²) in [5.41, 5.74) is 1.08. The number of para-hydroxylation sites is 1. The molecule has 0 spiro atoms. The van der Waals surface area contributed by atoms with Crippen LogP contribution in [0.2, 0.25) is 0 Å². The molecule has 0 saturated carbocycles. The molecule has 2 rings (SSSR count). The monoisotopic (exact) mass is 386 g/mol. The van der Waals surface area contributed by atoms with E-state index in [-0.39, 0.29) is 24.8 Å². The standard InChI is InChI=1S/C21H26N2O5/c1-21(2,13-24)23-18(25)12-14-8-10-15(11-9-14)22-20(26)16-6-5-7-17(27-3)19(16)28-4/h5-11,24H,12-13H2,1-4H3,(H,22,26)(H,23,25). The van der Waals surface area contributed by atoms with Crippen LogP contribution in [-0.2, 0) is 11.2 Å². The average Bonchev–Trinajstić information content (AvgIpc) is 2.68. The maximum absolute atomic E-state index is 12.6. The van der Waals surface area contributed by atoms with E-state index in [1.54, 1.807) is 56.3 Å². The first-order valence-corrected chi connectivity index (χ1v) is 8.83. The molecule has 3 N–H and O–H groups in total. The van der Waals surface area contributed by atoms with E-state index in [4.69, 9.17) is 9.47 Å². The molecular formula is C21H26N2O5. The lowest BCUT2D eigenvalue weighted by molar-refractivity contribution is -0.122. The van der Waals surface area contributed by atoms with Crippen LogP contribution in [0.15, 0.2) is 42.5 Å². The van der Waals surface area contributed by atoms with Gasteiger partial charge in [-0.15, -0.1) is 0 Å². The summed E-state index contributed by atoms with van der Waals surface area (Å²) < 4.78 is 10.5. The van der Waals surface area contributed by atoms with Gasteiger partial charge in [-0.05, 0) is 43.7 Å². The molecule has 0 aliphatic carbocycles. The molecule has 0 atom stereocenters. The van der Waals surface area contributed by atoms with Crippen molar-refractivity contribution >= 4 is 17.5 Å². The lowest BCUT2D eigenvalue weighted by atomic mass is 10.1. The molecule has 2 aromatic rings. The van der Waals surface area contributed by atoms with Gasteiger partial charge in [0.1, 0.15) is 0 Å². The number of aliphatic hydroxyl groups excluding tert-OH is 1. The molecule has 0 radical (unpaired) electrons. The Labute approximate surface area is 164 Å². The third-order valence-corrected chi connectivity index (χ3v) is 4.10. The summed E-state index contributed by atoms with van der Waals surface area (Å²) in [4.78, 5) is 24.6. The van der Waals surface area contributed by atoms with Gasteiger partial charge in [0.25, 0.3) is 5.91 Å². The average molecular weight is 386 g/mol. The van der Waals surface area contributed by atoms with Crippen LogP contribution < -0.4 is 20.1 Å². The smallest absolute Gasteiger partial charge is 0.259 e. The number of hydrogen-bond acceptors (Lipinski definition) is 5. The SMILES string of the molecule is COc1cccc(C(=O)Nc2ccc(CC(=O)NC(C)(C)CO)cc2)c1OC. The predicted molar refractivity (Wildman–Crippen MR) is 107 cm³/mol. The van der Waals surface area contributed by atoms with E-state index in [2.05, 4.69) is 10.6 Å². The highest BCUT2D eigenvalue weighted by atomic mass is 16.5. The van der Waals surface area contributed by atoms with Gasteiger partial charge in [-0.2, -0.15) is 0 Å². The zero-order valence-corrected chi connectivity index (χ0v) is 16.5. The molecule has 2 aromatic carbocycles. The molecule has 0 bridgehead atoms. The van der Waals surface area contributed by atoms with Crippen LogP contribution in [0.3, 0.4) is 0 Å². The molecule has 0 aliphatic heterocycles. The van der Waals surface area contributed by atoms with E-state index < -0.39 is 5.54 Å². The van der Waals surface area contributed by atoms with E-state index in [9.17, 15) is 14.7 Å². The van der Waals surface area contributed by atoms with Gasteiger partial charge in [-0.3, -0.25) is 9.59 Å². The van der Waals surface area contributed by atoms with Crippen LogP contribution in [-0.4, -0.2) is 43.3 Å². The number of hydrogen-bond donors (Lipinski definition) is 3. The van der Waals surface area contributed by atoms with Crippen molar-refractivity contribution in [1.82, 2.24) is 5.32 Å². The highest BCUT2D eigenvalue weighted by molar-refractivity contribution is 6.06. The molecule has 0 fully saturated rings. The fraction of sp³-hybridized carbons (Fsp3) is 0.333. The lowest BCUT2D eigenvalue weighted by Crippen LogP contribution is -2.46. The van der Waals surface area contributed by atoms with Crippen molar-refractivity contribution in [1.29, 1.82) is 0 Å². The Kier molecular flexibility index (Phi) is 7.00. The molecule has 0 unspecified atom stereocenters. The normalized spacial score (nSPS) is 10.9. The van der Waals surface area contributed by atoms with Crippen LogP contribution >= 0.6 is 0 Å². The van der Waals surface area contributed by atoms with Gasteiger partial charge in [0.15, 0.2) is 11.5 Å². The maximum atomic E-state index is 12.6. The number of aliphatic hydroxyl groups is 1. The Hall–Kier alpha value is -3.06. The molecule has 28 heavy (non-hydrogen) atoms. The van der Waals surface area contributed by atoms with Gasteiger partial charge in [-0.25, -0.2) is 0 Å². The van der Waals surface area contributed by atoms with Crippen molar-refractivity contribution < 1.29 is 24.2 Å². The first kappa shape index (κ1) is 21.2. The number of benzene rings is 2. The van der Waals surface area contributed by atoms with Crippen molar-refractivity contribution in [2.45, 2.75) is 25.8 Å². The Morgan fingerprint density at radius 2 is 1.71 bits per heavy atom. The molecule has 0 aliphatic rings. The first-order chi connectivity index (χ1) is 13.3. The summed E-state index contributed by atoms with van der Waals surface area (Å²) in [7, 11) is 2.99. The Morgan fingerprint density at radius 3 is 2.29 bits per heavy atom. The topological polar surface area (TPSA) is 96.9 Å². The van der Waals surface area contributed by atoms with Crippen molar-refractivity contribution in [3.8, 4) is 11.5 Å². The Bertz CT molecular complexity index is 831. The molecule has 2 amide bonds. The molecule has 0 heterocycles. The van der Waals surface area contributed by atoms with E-state index in [0.29, 0.717) is 22.7 Å². The van der Waals surface area contributed by atoms with Gasteiger partial charge in [0, 0.05) is 5.69 Å². The third-order valence-electron chi connectivity index (χ3n) is 4.10. The van der Waals surface area contributed by atoms with E-state index in [1.165, 1.54) is 14.2 Å². The van der Waals surface area contributed by atoms with Gasteiger partial charge >= 0.3 is 0 Å². The van der Waals surface area contributed by atoms with Gasteiger partial charge in [0.05, 0.1) is 38.3 Å². The number of nitrogens with one attached hydrogen (secondary N) is 2. The summed E-state index contributed by atoms with van der Waals surface area (Å²) in [6.45, 7) is 3.35. The van der Waals surface area contributed by atoms with Crippen molar-refractivity contribution in [2.75, 3.05) is 26.1 Å². The number of anilines is 1. The predicted octanol–water partition coefficient (Wildman–Crippen LogP) is 2.39. The van der Waals surface area contributed by atoms with Gasteiger partial charge < -0.3 is 25.2 Å². The highest BCUT2D eigenvalue weighted by Crippen LogP contribution is 2.31. The Morgan fingerprint density at radius 1 is 1.04 bits per heavy atom. The fourth-order valence-electron chi connectivity index (χ4n) is 2.62. The molecule has 7 nitrogen and oxygen atoms in total. The molecular weight excluding hydrogens is 360 g/mol. The minimum atomic E-state index is -0.666. The van der Waals surface area contributed by atoms with E-state index in [0.717, 1.165) is 5.56 Å². The molecule has 0 aromatic heterocycles. The highest BCUT2D eigenvalue weighted by Gasteiger charge is 2.19. The Balaban J connectivity index is 2.05. The zero-order valence-electron chi connectivity index (χ0n) is 16.5. The fourth-order valence-corrected chi connectivity index (χ4v) is 2.62. The summed E-state index contributed by atoms with van der Waals surface area (Å²) in [5, 5.41) is 14.8. The van der Waals surface area contributed by atoms with E-state index >= 15 is 0 Å². The number of carbonyl (C=O) groups excluding carboxylic acids is 2. The summed E-state index contributed by atoms with van der Waals surface area (Å²) in [6.07, 6.45) is 0.182. The molecule has 7 heteroatoms. The lowest BCUT2D eigenvalue weighted by Gasteiger charge is -2.23. The minimum Gasteiger partial charge on any atom is -0.493 e. The second kappa shape index (κ2) is 9.23. The maximum Gasteiger partial charge on any atom is 0.259 e. The van der Waals surface area contributed by atoms with Crippen LogP contribution in [0.4, 0.5) is 5.69 Å². The van der Waals surface area contributed by atoms with Crippen molar-refractivity contribution in [3.05, 3.63) is 53.6 Å². The molecule has 0 saturated heterocycles. The zero-order chi connectivity index (χ0) is 20.7. The number of carbonyl (C=O) groups is 2. The number of ether oxygens (including phenoxy) is 2.